The molecule has 1 heterocycles. The topological polar surface area (TPSA) is 166 Å². The highest BCUT2D eigenvalue weighted by molar-refractivity contribution is 5.93. The number of rotatable bonds is 16. The fourth-order valence-electron chi connectivity index (χ4n) is 6.28. The van der Waals surface area contributed by atoms with E-state index in [1.165, 1.54) is 6.92 Å². The van der Waals surface area contributed by atoms with Crippen molar-refractivity contribution in [3.05, 3.63) is 79.2 Å². The third kappa shape index (κ3) is 10.8. The molecule has 0 unspecified atom stereocenters. The van der Waals surface area contributed by atoms with E-state index < -0.39 is 48.6 Å². The normalized spacial score (nSPS) is 20.5. The molecule has 262 valence electrons. The highest BCUT2D eigenvalue weighted by Gasteiger charge is 2.50. The zero-order valence-corrected chi connectivity index (χ0v) is 29.1. The van der Waals surface area contributed by atoms with Gasteiger partial charge < -0.3 is 28.8 Å². The van der Waals surface area contributed by atoms with E-state index in [0.29, 0.717) is 35.2 Å². The second-order valence-corrected chi connectivity index (χ2v) is 12.6. The number of hydrogen-bond acceptors (Lipinski definition) is 10. The highest BCUT2D eigenvalue weighted by Crippen LogP contribution is 2.30. The Bertz CT molecular complexity index is 1440. The van der Waals surface area contributed by atoms with E-state index in [1.54, 1.807) is 13.8 Å². The average Bonchev–Trinajstić information content (AvgIpc) is 2.99. The van der Waals surface area contributed by atoms with Crippen LogP contribution in [-0.4, -0.2) is 73.5 Å². The number of azide groups is 1. The van der Waals surface area contributed by atoms with Crippen LogP contribution in [0.1, 0.15) is 99.5 Å². The van der Waals surface area contributed by atoms with Crippen molar-refractivity contribution in [2.45, 2.75) is 118 Å². The van der Waals surface area contributed by atoms with Gasteiger partial charge in [0.1, 0.15) is 18.8 Å². The van der Waals surface area contributed by atoms with E-state index in [0.717, 1.165) is 54.4 Å². The minimum atomic E-state index is -1.55. The maximum Gasteiger partial charge on any atom is 0.339 e. The lowest BCUT2D eigenvalue weighted by Gasteiger charge is -2.43. The molecule has 0 spiro atoms. The van der Waals surface area contributed by atoms with Gasteiger partial charge in [0.2, 0.25) is 0 Å². The number of aryl methyl sites for hydroxylation is 6. The molecule has 2 aromatic rings. The Kier molecular flexibility index (Phi) is 14.9. The summed E-state index contributed by atoms with van der Waals surface area (Å²) in [6.45, 7) is 12.7. The fourth-order valence-corrected chi connectivity index (χ4v) is 6.28. The Balaban J connectivity index is 1.79. The molecule has 0 amide bonds. The molecule has 5 atom stereocenters. The first kappa shape index (κ1) is 38.5. The predicted octanol–water partition coefficient (Wildman–Crippen LogP) is 6.60. The summed E-state index contributed by atoms with van der Waals surface area (Å²) in [7, 11) is 0. The van der Waals surface area contributed by atoms with Crippen molar-refractivity contribution in [3.63, 3.8) is 0 Å². The van der Waals surface area contributed by atoms with Crippen LogP contribution in [0.25, 0.3) is 10.4 Å². The molecule has 1 aliphatic rings. The summed E-state index contributed by atoms with van der Waals surface area (Å²) >= 11 is 0. The van der Waals surface area contributed by atoms with Crippen molar-refractivity contribution in [3.8, 4) is 0 Å². The van der Waals surface area contributed by atoms with Crippen LogP contribution in [0, 0.1) is 41.5 Å². The molecule has 1 saturated heterocycles. The predicted molar refractivity (Wildman–Crippen MR) is 179 cm³/mol. The molecular formula is C36H49N3O9. The monoisotopic (exact) mass is 667 g/mol. The van der Waals surface area contributed by atoms with Gasteiger partial charge in [-0.05, 0) is 82.2 Å². The van der Waals surface area contributed by atoms with E-state index in [2.05, 4.69) is 10.0 Å². The number of aliphatic hydroxyl groups is 1. The summed E-state index contributed by atoms with van der Waals surface area (Å²) in [4.78, 5) is 41.6. The summed E-state index contributed by atoms with van der Waals surface area (Å²) in [6.07, 6.45) is -1.34. The van der Waals surface area contributed by atoms with Crippen LogP contribution in [0.4, 0.5) is 0 Å². The van der Waals surface area contributed by atoms with E-state index in [9.17, 15) is 19.5 Å². The lowest BCUT2D eigenvalue weighted by atomic mass is 9.97. The number of benzene rings is 2. The summed E-state index contributed by atoms with van der Waals surface area (Å²) in [5, 5.41) is 15.1. The number of carbonyl (C=O) groups is 3. The Labute approximate surface area is 282 Å². The largest absolute Gasteiger partial charge is 0.459 e. The smallest absolute Gasteiger partial charge is 0.339 e. The molecule has 48 heavy (non-hydrogen) atoms. The standard InChI is InChI=1S/C36H49N3O9/c1-21-16-23(3)29(24(4)17-21)34(42)45-20-28-32(46-27(7)40)31(41)33(48-35(43)30-25(5)18-22(2)19-26(30)6)36(47-28)44-15-13-11-9-8-10-12-14-38-39-37/h16-19,28,31-33,36,41H,8-15,20H2,1-7H3/t28-,31+,32+,33-,36-/m1/s1. The van der Waals surface area contributed by atoms with Gasteiger partial charge in [0.05, 0.1) is 11.1 Å². The Morgan fingerprint density at radius 2 is 1.31 bits per heavy atom. The minimum Gasteiger partial charge on any atom is -0.459 e. The molecule has 0 aromatic heterocycles. The van der Waals surface area contributed by atoms with E-state index in [-0.39, 0.29) is 13.2 Å². The Morgan fingerprint density at radius 1 is 0.792 bits per heavy atom. The van der Waals surface area contributed by atoms with Crippen LogP contribution in [0.15, 0.2) is 29.4 Å². The van der Waals surface area contributed by atoms with Crippen LogP contribution in [0.3, 0.4) is 0 Å². The second kappa shape index (κ2) is 18.5. The first-order valence-electron chi connectivity index (χ1n) is 16.5. The number of carbonyl (C=O) groups excluding carboxylic acids is 3. The van der Waals surface area contributed by atoms with Crippen molar-refractivity contribution >= 4 is 17.9 Å². The van der Waals surface area contributed by atoms with Crippen LogP contribution >= 0.6 is 0 Å². The van der Waals surface area contributed by atoms with Crippen molar-refractivity contribution in [1.82, 2.24) is 0 Å². The van der Waals surface area contributed by atoms with Crippen LogP contribution in [0.2, 0.25) is 0 Å². The highest BCUT2D eigenvalue weighted by atomic mass is 16.7. The van der Waals surface area contributed by atoms with Gasteiger partial charge in [0.25, 0.3) is 0 Å². The molecule has 0 radical (unpaired) electrons. The summed E-state index contributed by atoms with van der Waals surface area (Å²) in [5.74, 6) is -1.96. The number of esters is 3. The van der Waals surface area contributed by atoms with Crippen molar-refractivity contribution in [1.29, 1.82) is 0 Å². The number of aliphatic hydroxyl groups excluding tert-OH is 1. The lowest BCUT2D eigenvalue weighted by molar-refractivity contribution is -0.302. The SMILES string of the molecule is CC(=O)O[C@@H]1[C@H](O)[C@@H](OC(=O)c2c(C)cc(C)cc2C)[C@H](OCCCCCCCCN=[N+]=[N-])O[C@@H]1COC(=O)c1c(C)cc(C)cc1C. The molecule has 3 rings (SSSR count). The van der Waals surface area contributed by atoms with Crippen molar-refractivity contribution in [2.24, 2.45) is 5.11 Å². The summed E-state index contributed by atoms with van der Waals surface area (Å²) < 4.78 is 29.3. The van der Waals surface area contributed by atoms with E-state index in [4.69, 9.17) is 29.2 Å². The lowest BCUT2D eigenvalue weighted by Crippen LogP contribution is -2.61. The average molecular weight is 668 g/mol. The molecule has 2 aromatic carbocycles. The molecule has 1 fully saturated rings. The molecule has 0 aliphatic carbocycles. The van der Waals surface area contributed by atoms with Crippen LogP contribution in [-0.2, 0) is 28.5 Å². The molecule has 0 saturated carbocycles. The molecule has 0 bridgehead atoms. The number of nitrogens with zero attached hydrogens (tertiary/aromatic N) is 3. The van der Waals surface area contributed by atoms with E-state index in [1.807, 2.05) is 52.0 Å². The van der Waals surface area contributed by atoms with E-state index >= 15 is 0 Å². The van der Waals surface area contributed by atoms with Crippen LogP contribution < -0.4 is 0 Å². The summed E-state index contributed by atoms with van der Waals surface area (Å²) in [6, 6.07) is 7.50. The quantitative estimate of drug-likeness (QED) is 0.0518. The number of unbranched alkanes of at least 4 members (excludes halogenated alkanes) is 5. The zero-order chi connectivity index (χ0) is 35.4. The second-order valence-electron chi connectivity index (χ2n) is 12.6. The molecule has 1 N–H and O–H groups in total. The Morgan fingerprint density at radius 3 is 1.85 bits per heavy atom. The minimum absolute atomic E-state index is 0.235. The zero-order valence-electron chi connectivity index (χ0n) is 29.1. The maximum atomic E-state index is 13.5. The van der Waals surface area contributed by atoms with Gasteiger partial charge in [-0.15, -0.1) is 0 Å². The number of hydrogen-bond donors (Lipinski definition) is 1. The Hall–Kier alpha value is -3.96. The first-order chi connectivity index (χ1) is 22.8. The van der Waals surface area contributed by atoms with Gasteiger partial charge in [-0.3, -0.25) is 4.79 Å². The molecular weight excluding hydrogens is 618 g/mol. The van der Waals surface area contributed by atoms with Gasteiger partial charge in [0, 0.05) is 25.0 Å². The number of ether oxygens (including phenoxy) is 5. The van der Waals surface area contributed by atoms with Gasteiger partial charge >= 0.3 is 17.9 Å². The maximum absolute atomic E-state index is 13.5. The molecule has 12 heteroatoms. The third-order valence-corrected chi connectivity index (χ3v) is 8.30. The fraction of sp³-hybridized carbons (Fsp3) is 0.583. The summed E-state index contributed by atoms with van der Waals surface area (Å²) in [5.41, 5.74) is 14.1. The van der Waals surface area contributed by atoms with Crippen molar-refractivity contribution < 1.29 is 43.2 Å². The van der Waals surface area contributed by atoms with Crippen molar-refractivity contribution in [2.75, 3.05) is 19.8 Å². The van der Waals surface area contributed by atoms with Gasteiger partial charge in [-0.2, -0.15) is 0 Å². The van der Waals surface area contributed by atoms with Gasteiger partial charge in [-0.1, -0.05) is 66.2 Å². The van der Waals surface area contributed by atoms with Gasteiger partial charge in [-0.25, -0.2) is 9.59 Å². The first-order valence-corrected chi connectivity index (χ1v) is 16.5. The third-order valence-electron chi connectivity index (χ3n) is 8.30. The van der Waals surface area contributed by atoms with Crippen LogP contribution in [0.5, 0.6) is 0 Å². The molecule has 12 nitrogen and oxygen atoms in total. The molecule has 1 aliphatic heterocycles. The van der Waals surface area contributed by atoms with Gasteiger partial charge in [0.15, 0.2) is 18.5 Å².